The van der Waals surface area contributed by atoms with Gasteiger partial charge < -0.3 is 15.0 Å². The van der Waals surface area contributed by atoms with Gasteiger partial charge in [-0.1, -0.05) is 18.6 Å². The summed E-state index contributed by atoms with van der Waals surface area (Å²) in [6, 6.07) is 8.62. The van der Waals surface area contributed by atoms with Gasteiger partial charge in [-0.05, 0) is 44.0 Å². The van der Waals surface area contributed by atoms with Crippen molar-refractivity contribution in [3.8, 4) is 0 Å². The molecule has 1 atom stereocenters. The van der Waals surface area contributed by atoms with Crippen molar-refractivity contribution in [1.82, 2.24) is 9.29 Å². The summed E-state index contributed by atoms with van der Waals surface area (Å²) < 4.78 is 33.2. The van der Waals surface area contributed by atoms with Crippen LogP contribution in [-0.2, 0) is 19.6 Å². The van der Waals surface area contributed by atoms with E-state index < -0.39 is 22.0 Å². The standard InChI is InChI=1S/C23H28N4O5S/c1-17(28)18-5-8-20(9-6-18)33(30,31)27-11-3-2-4-21(27)23(29)25-22-10-7-19(16-24-22)26-12-14-32-15-13-26/h5-10,16,21H,2-4,11-15H2,1H3,(H,24,25,29). The zero-order chi connectivity index (χ0) is 23.4. The van der Waals surface area contributed by atoms with E-state index in [-0.39, 0.29) is 17.2 Å². The Hall–Kier alpha value is -2.82. The van der Waals surface area contributed by atoms with Gasteiger partial charge in [0.05, 0.1) is 30.0 Å². The first-order chi connectivity index (χ1) is 15.9. The van der Waals surface area contributed by atoms with Gasteiger partial charge in [0, 0.05) is 25.2 Å². The first-order valence-corrected chi connectivity index (χ1v) is 12.5. The van der Waals surface area contributed by atoms with E-state index in [0.717, 1.165) is 25.2 Å². The minimum absolute atomic E-state index is 0.0696. The van der Waals surface area contributed by atoms with Crippen LogP contribution in [0.2, 0.25) is 0 Å². The second-order valence-corrected chi connectivity index (χ2v) is 10.1. The van der Waals surface area contributed by atoms with E-state index in [1.807, 2.05) is 6.07 Å². The lowest BCUT2D eigenvalue weighted by atomic mass is 10.0. The molecule has 0 bridgehead atoms. The maximum atomic E-state index is 13.3. The van der Waals surface area contributed by atoms with Gasteiger partial charge in [-0.2, -0.15) is 4.31 Å². The average molecular weight is 473 g/mol. The van der Waals surface area contributed by atoms with Crippen LogP contribution in [0.3, 0.4) is 0 Å². The summed E-state index contributed by atoms with van der Waals surface area (Å²) in [6.07, 6.45) is 3.58. The third-order valence-corrected chi connectivity index (χ3v) is 7.92. The monoisotopic (exact) mass is 472 g/mol. The number of benzene rings is 1. The molecule has 0 spiro atoms. The number of hydrogen-bond acceptors (Lipinski definition) is 7. The van der Waals surface area contributed by atoms with Gasteiger partial charge in [0.25, 0.3) is 0 Å². The van der Waals surface area contributed by atoms with Gasteiger partial charge in [-0.3, -0.25) is 9.59 Å². The molecule has 1 unspecified atom stereocenters. The summed E-state index contributed by atoms with van der Waals surface area (Å²) in [5.74, 6) is -0.155. The van der Waals surface area contributed by atoms with Crippen LogP contribution in [-0.4, -0.2) is 68.3 Å². The van der Waals surface area contributed by atoms with E-state index in [0.29, 0.717) is 37.4 Å². The second-order valence-electron chi connectivity index (χ2n) is 8.20. The largest absolute Gasteiger partial charge is 0.378 e. The molecule has 33 heavy (non-hydrogen) atoms. The molecular weight excluding hydrogens is 444 g/mol. The Bertz CT molecular complexity index is 1100. The zero-order valence-electron chi connectivity index (χ0n) is 18.6. The molecule has 2 aliphatic heterocycles. The molecule has 176 valence electrons. The van der Waals surface area contributed by atoms with E-state index >= 15 is 0 Å². The number of amides is 1. The van der Waals surface area contributed by atoms with Crippen molar-refractivity contribution < 1.29 is 22.7 Å². The third kappa shape index (κ3) is 5.23. The van der Waals surface area contributed by atoms with E-state index in [9.17, 15) is 18.0 Å². The number of morpholine rings is 1. The Morgan fingerprint density at radius 2 is 1.76 bits per heavy atom. The Morgan fingerprint density at radius 1 is 1.03 bits per heavy atom. The van der Waals surface area contributed by atoms with E-state index in [1.165, 1.54) is 35.5 Å². The third-order valence-electron chi connectivity index (χ3n) is 6.00. The van der Waals surface area contributed by atoms with Gasteiger partial charge in [0.15, 0.2) is 5.78 Å². The first kappa shape index (κ1) is 23.3. The van der Waals surface area contributed by atoms with Gasteiger partial charge in [-0.15, -0.1) is 0 Å². The maximum Gasteiger partial charge on any atom is 0.243 e. The molecule has 2 saturated heterocycles. The molecule has 4 rings (SSSR count). The fraction of sp³-hybridized carbons (Fsp3) is 0.435. The first-order valence-electron chi connectivity index (χ1n) is 11.1. The number of piperidine rings is 1. The van der Waals surface area contributed by atoms with Crippen LogP contribution in [0.4, 0.5) is 11.5 Å². The van der Waals surface area contributed by atoms with Gasteiger partial charge in [0.1, 0.15) is 11.9 Å². The van der Waals surface area contributed by atoms with Crippen LogP contribution in [0.15, 0.2) is 47.5 Å². The molecular formula is C23H28N4O5S. The average Bonchev–Trinajstić information content (AvgIpc) is 2.85. The second kappa shape index (κ2) is 9.98. The van der Waals surface area contributed by atoms with Gasteiger partial charge >= 0.3 is 0 Å². The van der Waals surface area contributed by atoms with Crippen molar-refractivity contribution in [2.24, 2.45) is 0 Å². The quantitative estimate of drug-likeness (QED) is 0.643. The number of rotatable bonds is 6. The summed E-state index contributed by atoms with van der Waals surface area (Å²) in [4.78, 5) is 31.1. The number of aromatic nitrogens is 1. The molecule has 1 aromatic heterocycles. The van der Waals surface area contributed by atoms with E-state index in [4.69, 9.17) is 4.74 Å². The van der Waals surface area contributed by atoms with Crippen LogP contribution in [0.5, 0.6) is 0 Å². The molecule has 1 N–H and O–H groups in total. The van der Waals surface area contributed by atoms with Crippen molar-refractivity contribution in [3.05, 3.63) is 48.2 Å². The normalized spacial score (nSPS) is 19.8. The highest BCUT2D eigenvalue weighted by Crippen LogP contribution is 2.27. The van der Waals surface area contributed by atoms with Crippen molar-refractivity contribution in [1.29, 1.82) is 0 Å². The minimum atomic E-state index is -3.89. The van der Waals surface area contributed by atoms with Gasteiger partial charge in [0.2, 0.25) is 15.9 Å². The predicted octanol–water partition coefficient (Wildman–Crippen LogP) is 2.30. The maximum absolute atomic E-state index is 13.3. The number of sulfonamides is 1. The highest BCUT2D eigenvalue weighted by Gasteiger charge is 2.37. The molecule has 0 saturated carbocycles. The SMILES string of the molecule is CC(=O)c1ccc(S(=O)(=O)N2CCCCC2C(=O)Nc2ccc(N3CCOCC3)cn2)cc1. The number of pyridine rings is 1. The number of Topliss-reactive ketones (excluding diaryl/α,β-unsaturated/α-hetero) is 1. The Balaban J connectivity index is 1.48. The number of carbonyl (C=O) groups excluding carboxylic acids is 2. The summed E-state index contributed by atoms with van der Waals surface area (Å²) in [5.41, 5.74) is 1.39. The Labute approximate surface area is 193 Å². The van der Waals surface area contributed by atoms with Crippen LogP contribution in [0.1, 0.15) is 36.5 Å². The topological polar surface area (TPSA) is 109 Å². The Morgan fingerprint density at radius 3 is 2.39 bits per heavy atom. The molecule has 10 heteroatoms. The molecule has 9 nitrogen and oxygen atoms in total. The van der Waals surface area contributed by atoms with Crippen molar-refractivity contribution in [3.63, 3.8) is 0 Å². The number of ketones is 1. The smallest absolute Gasteiger partial charge is 0.243 e. The van der Waals surface area contributed by atoms with Crippen molar-refractivity contribution >= 4 is 33.2 Å². The summed E-state index contributed by atoms with van der Waals surface area (Å²) in [7, 11) is -3.89. The van der Waals surface area contributed by atoms with Gasteiger partial charge in [-0.25, -0.2) is 13.4 Å². The Kier molecular flexibility index (Phi) is 7.06. The van der Waals surface area contributed by atoms with E-state index in [2.05, 4.69) is 15.2 Å². The van der Waals surface area contributed by atoms with Crippen molar-refractivity contribution in [2.45, 2.75) is 37.1 Å². The van der Waals surface area contributed by atoms with Crippen molar-refractivity contribution in [2.75, 3.05) is 43.1 Å². The summed E-state index contributed by atoms with van der Waals surface area (Å²) in [6.45, 7) is 4.60. The minimum Gasteiger partial charge on any atom is -0.378 e. The lowest BCUT2D eigenvalue weighted by Crippen LogP contribution is -2.49. The predicted molar refractivity (Wildman–Crippen MR) is 124 cm³/mol. The number of nitrogens with one attached hydrogen (secondary N) is 1. The van der Waals surface area contributed by atoms with Crippen LogP contribution in [0.25, 0.3) is 0 Å². The number of anilines is 2. The number of hydrogen-bond donors (Lipinski definition) is 1. The highest BCUT2D eigenvalue weighted by molar-refractivity contribution is 7.89. The molecule has 2 aromatic rings. The lowest BCUT2D eigenvalue weighted by molar-refractivity contribution is -0.120. The number of carbonyl (C=O) groups is 2. The fourth-order valence-corrected chi connectivity index (χ4v) is 5.79. The van der Waals surface area contributed by atoms with Crippen LogP contribution in [0, 0.1) is 0 Å². The molecule has 0 aliphatic carbocycles. The number of nitrogens with zero attached hydrogens (tertiary/aromatic N) is 3. The molecule has 3 heterocycles. The number of ether oxygens (including phenoxy) is 1. The fourth-order valence-electron chi connectivity index (χ4n) is 4.13. The highest BCUT2D eigenvalue weighted by atomic mass is 32.2. The zero-order valence-corrected chi connectivity index (χ0v) is 19.4. The molecule has 0 radical (unpaired) electrons. The molecule has 2 fully saturated rings. The van der Waals surface area contributed by atoms with Crippen LogP contribution >= 0.6 is 0 Å². The molecule has 2 aliphatic rings. The summed E-state index contributed by atoms with van der Waals surface area (Å²) >= 11 is 0. The molecule has 1 aromatic carbocycles. The lowest BCUT2D eigenvalue weighted by Gasteiger charge is -2.33. The summed E-state index contributed by atoms with van der Waals surface area (Å²) in [5, 5.41) is 2.78. The molecule has 1 amide bonds. The van der Waals surface area contributed by atoms with E-state index in [1.54, 1.807) is 12.3 Å². The van der Waals surface area contributed by atoms with Crippen LogP contribution < -0.4 is 10.2 Å².